The number of oxazole rings is 1. The van der Waals surface area contributed by atoms with E-state index in [2.05, 4.69) is 22.1 Å². The van der Waals surface area contributed by atoms with E-state index in [-0.39, 0.29) is 5.69 Å². The van der Waals surface area contributed by atoms with Gasteiger partial charge in [-0.1, -0.05) is 6.07 Å². The summed E-state index contributed by atoms with van der Waals surface area (Å²) >= 11 is 1.46. The number of nitrogens with one attached hydrogen (secondary N) is 1. The molecule has 1 aromatic carbocycles. The molecule has 2 amide bonds. The number of primary amides is 1. The van der Waals surface area contributed by atoms with Gasteiger partial charge in [0.25, 0.3) is 11.8 Å². The Morgan fingerprint density at radius 2 is 2.17 bits per heavy atom. The Morgan fingerprint density at radius 3 is 2.90 bits per heavy atom. The third-order valence-electron chi connectivity index (χ3n) is 5.16. The molecule has 0 radical (unpaired) electrons. The number of hydrogen-bond acceptors (Lipinski definition) is 6. The van der Waals surface area contributed by atoms with Crippen molar-refractivity contribution in [1.29, 1.82) is 0 Å². The number of hydrogen-bond donors (Lipinski definition) is 2. The summed E-state index contributed by atoms with van der Waals surface area (Å²) in [4.78, 5) is 31.9. The Hall–Kier alpha value is -3.13. The van der Waals surface area contributed by atoms with Crippen molar-refractivity contribution in [2.75, 3.05) is 16.8 Å². The Bertz CT molecular complexity index is 1030. The molecule has 1 atom stereocenters. The molecular formula is C21H22N4O3S. The highest BCUT2D eigenvalue weighted by molar-refractivity contribution is 7.13. The first-order valence-electron chi connectivity index (χ1n) is 9.54. The molecule has 1 unspecified atom stereocenters. The lowest BCUT2D eigenvalue weighted by atomic mass is 10.0. The molecular weight excluding hydrogens is 388 g/mol. The zero-order valence-electron chi connectivity index (χ0n) is 16.1. The zero-order valence-corrected chi connectivity index (χ0v) is 16.9. The minimum atomic E-state index is -0.519. The molecule has 0 saturated carbocycles. The van der Waals surface area contributed by atoms with E-state index in [9.17, 15) is 9.59 Å². The van der Waals surface area contributed by atoms with Crippen LogP contribution in [-0.2, 0) is 0 Å². The molecule has 3 N–H and O–H groups in total. The van der Waals surface area contributed by atoms with Crippen LogP contribution in [0, 0.1) is 0 Å². The number of carbonyl (C=O) groups excluding carboxylic acids is 2. The summed E-state index contributed by atoms with van der Waals surface area (Å²) in [5.41, 5.74) is 7.53. The second kappa shape index (κ2) is 8.08. The van der Waals surface area contributed by atoms with E-state index in [0.29, 0.717) is 23.1 Å². The van der Waals surface area contributed by atoms with Crippen molar-refractivity contribution < 1.29 is 14.0 Å². The van der Waals surface area contributed by atoms with Gasteiger partial charge < -0.3 is 20.4 Å². The van der Waals surface area contributed by atoms with Gasteiger partial charge in [-0.3, -0.25) is 9.59 Å². The Kier molecular flexibility index (Phi) is 5.35. The molecule has 29 heavy (non-hydrogen) atoms. The van der Waals surface area contributed by atoms with Crippen molar-refractivity contribution in [3.05, 3.63) is 53.4 Å². The molecule has 4 rings (SSSR count). The Morgan fingerprint density at radius 1 is 1.31 bits per heavy atom. The quantitative estimate of drug-likeness (QED) is 0.658. The van der Waals surface area contributed by atoms with Crippen molar-refractivity contribution >= 4 is 34.5 Å². The van der Waals surface area contributed by atoms with Gasteiger partial charge in [-0.25, -0.2) is 4.98 Å². The fourth-order valence-corrected chi connectivity index (χ4v) is 4.41. The predicted octanol–water partition coefficient (Wildman–Crippen LogP) is 4.13. The summed E-state index contributed by atoms with van der Waals surface area (Å²) in [6, 6.07) is 9.34. The average molecular weight is 410 g/mol. The number of anilines is 2. The van der Waals surface area contributed by atoms with Gasteiger partial charge in [-0.05, 0) is 55.8 Å². The van der Waals surface area contributed by atoms with Crippen LogP contribution in [0.2, 0.25) is 0 Å². The monoisotopic (exact) mass is 410 g/mol. The number of aromatic nitrogens is 1. The number of thiophene rings is 1. The van der Waals surface area contributed by atoms with Crippen molar-refractivity contribution in [2.24, 2.45) is 5.73 Å². The van der Waals surface area contributed by atoms with Crippen LogP contribution in [-0.4, -0.2) is 29.4 Å². The van der Waals surface area contributed by atoms with Crippen LogP contribution in [0.1, 0.15) is 47.0 Å². The van der Waals surface area contributed by atoms with Gasteiger partial charge in [0.15, 0.2) is 17.8 Å². The lowest BCUT2D eigenvalue weighted by Gasteiger charge is -2.36. The third-order valence-corrected chi connectivity index (χ3v) is 6.03. The molecule has 3 heterocycles. The molecule has 1 aliphatic heterocycles. The van der Waals surface area contributed by atoms with Crippen molar-refractivity contribution in [3.8, 4) is 10.6 Å². The van der Waals surface area contributed by atoms with E-state index in [1.807, 2.05) is 23.6 Å². The number of nitrogens with two attached hydrogens (primary N) is 1. The van der Waals surface area contributed by atoms with Gasteiger partial charge >= 0.3 is 0 Å². The summed E-state index contributed by atoms with van der Waals surface area (Å²) in [7, 11) is 0. The van der Waals surface area contributed by atoms with Crippen LogP contribution in [0.5, 0.6) is 0 Å². The normalized spacial score (nSPS) is 16.6. The first-order chi connectivity index (χ1) is 14.0. The lowest BCUT2D eigenvalue weighted by molar-refractivity contribution is 0.0996. The van der Waals surface area contributed by atoms with Crippen LogP contribution < -0.4 is 16.0 Å². The van der Waals surface area contributed by atoms with Gasteiger partial charge in [0.1, 0.15) is 0 Å². The van der Waals surface area contributed by atoms with Gasteiger partial charge in [-0.2, -0.15) is 0 Å². The van der Waals surface area contributed by atoms with Crippen LogP contribution in [0.25, 0.3) is 10.6 Å². The molecule has 0 aliphatic carbocycles. The highest BCUT2D eigenvalue weighted by atomic mass is 32.1. The SMILES string of the molecule is CC1CCCCN1c1ccc(NC(=O)c2ncoc2-c2cccs2)cc1C(N)=O. The van der Waals surface area contributed by atoms with Crippen LogP contribution in [0.15, 0.2) is 46.5 Å². The summed E-state index contributed by atoms with van der Waals surface area (Å²) in [6.45, 7) is 3.03. The maximum atomic E-state index is 12.8. The van der Waals surface area contributed by atoms with Crippen molar-refractivity contribution in [3.63, 3.8) is 0 Å². The highest BCUT2D eigenvalue weighted by Gasteiger charge is 2.24. The molecule has 3 aromatic rings. The second-order valence-electron chi connectivity index (χ2n) is 7.10. The molecule has 1 fully saturated rings. The second-order valence-corrected chi connectivity index (χ2v) is 8.04. The highest BCUT2D eigenvalue weighted by Crippen LogP contribution is 2.31. The van der Waals surface area contributed by atoms with E-state index in [0.717, 1.165) is 30.0 Å². The molecule has 8 heteroatoms. The molecule has 0 spiro atoms. The number of carbonyl (C=O) groups is 2. The number of amides is 2. The van der Waals surface area contributed by atoms with Crippen LogP contribution in [0.4, 0.5) is 11.4 Å². The number of nitrogens with zero attached hydrogens (tertiary/aromatic N) is 2. The molecule has 2 aromatic heterocycles. The summed E-state index contributed by atoms with van der Waals surface area (Å²) < 4.78 is 5.40. The first-order valence-corrected chi connectivity index (χ1v) is 10.4. The van der Waals surface area contributed by atoms with Crippen LogP contribution >= 0.6 is 11.3 Å². The Labute approximate surface area is 172 Å². The molecule has 0 bridgehead atoms. The van der Waals surface area contributed by atoms with E-state index >= 15 is 0 Å². The number of benzene rings is 1. The maximum absolute atomic E-state index is 12.8. The fourth-order valence-electron chi connectivity index (χ4n) is 3.70. The number of rotatable bonds is 5. The first kappa shape index (κ1) is 19.2. The molecule has 1 aliphatic rings. The summed E-state index contributed by atoms with van der Waals surface area (Å²) in [6.07, 6.45) is 4.59. The maximum Gasteiger partial charge on any atom is 0.278 e. The minimum absolute atomic E-state index is 0.196. The van der Waals surface area contributed by atoms with Crippen LogP contribution in [0.3, 0.4) is 0 Å². The summed E-state index contributed by atoms with van der Waals surface area (Å²) in [5, 5.41) is 4.70. The van der Waals surface area contributed by atoms with E-state index in [1.54, 1.807) is 12.1 Å². The smallest absolute Gasteiger partial charge is 0.278 e. The standard InChI is InChI=1S/C21H22N4O3S/c1-13-5-2-3-9-25(13)16-8-7-14(11-15(16)20(22)26)24-21(27)18-19(28-12-23-18)17-6-4-10-29-17/h4,6-8,10-13H,2-3,5,9H2,1H3,(H2,22,26)(H,24,27). The van der Waals surface area contributed by atoms with E-state index in [1.165, 1.54) is 24.2 Å². The number of piperidine rings is 1. The average Bonchev–Trinajstić information content (AvgIpc) is 3.40. The summed E-state index contributed by atoms with van der Waals surface area (Å²) in [5.74, 6) is -0.502. The van der Waals surface area contributed by atoms with E-state index in [4.69, 9.17) is 10.2 Å². The molecule has 7 nitrogen and oxygen atoms in total. The van der Waals surface area contributed by atoms with Gasteiger partial charge in [-0.15, -0.1) is 11.3 Å². The largest absolute Gasteiger partial charge is 0.442 e. The molecule has 1 saturated heterocycles. The zero-order chi connectivity index (χ0) is 20.4. The topological polar surface area (TPSA) is 101 Å². The van der Waals surface area contributed by atoms with Crippen molar-refractivity contribution in [1.82, 2.24) is 4.98 Å². The van der Waals surface area contributed by atoms with Gasteiger partial charge in [0, 0.05) is 24.0 Å². The van der Waals surface area contributed by atoms with Crippen molar-refractivity contribution in [2.45, 2.75) is 32.2 Å². The van der Waals surface area contributed by atoms with E-state index < -0.39 is 11.8 Å². The third kappa shape index (κ3) is 3.88. The predicted molar refractivity (Wildman–Crippen MR) is 113 cm³/mol. The molecule has 150 valence electrons. The van der Waals surface area contributed by atoms with Gasteiger partial charge in [0.05, 0.1) is 10.4 Å². The minimum Gasteiger partial charge on any atom is -0.442 e. The van der Waals surface area contributed by atoms with Gasteiger partial charge in [0.2, 0.25) is 0 Å². The fraction of sp³-hybridized carbons (Fsp3) is 0.286. The Balaban J connectivity index is 1.60. The lowest BCUT2D eigenvalue weighted by Crippen LogP contribution is -2.38.